The fourth-order valence-corrected chi connectivity index (χ4v) is 2.14. The van der Waals surface area contributed by atoms with Crippen molar-refractivity contribution in [1.29, 1.82) is 5.26 Å². The Morgan fingerprint density at radius 1 is 1.27 bits per heavy atom. The Labute approximate surface area is 149 Å². The molecule has 0 aliphatic carbocycles. The van der Waals surface area contributed by atoms with Gasteiger partial charge in [0.05, 0.1) is 12.2 Å². The number of amides is 1. The van der Waals surface area contributed by atoms with Gasteiger partial charge < -0.3 is 20.3 Å². The van der Waals surface area contributed by atoms with Crippen molar-refractivity contribution in [3.8, 4) is 17.6 Å². The van der Waals surface area contributed by atoms with E-state index in [0.717, 1.165) is 0 Å². The number of ether oxygens (including phenoxy) is 1. The molecule has 0 unspecified atom stereocenters. The second-order valence-electron chi connectivity index (χ2n) is 5.17. The Morgan fingerprint density at radius 2 is 2.04 bits per heavy atom. The molecule has 132 valence electrons. The van der Waals surface area contributed by atoms with E-state index in [1.165, 1.54) is 48.5 Å². The number of benzene rings is 2. The average molecular weight is 352 g/mol. The SMILES string of the molecule is CCOc1cc(/C=C(/C#N)C(=O)Nc2cccc(C(=O)O)c2)ccc1O. The summed E-state index contributed by atoms with van der Waals surface area (Å²) in [5.41, 5.74) is 0.595. The summed E-state index contributed by atoms with van der Waals surface area (Å²) in [6, 6.07) is 11.9. The highest BCUT2D eigenvalue weighted by atomic mass is 16.5. The van der Waals surface area contributed by atoms with Crippen molar-refractivity contribution in [3.05, 3.63) is 59.2 Å². The Morgan fingerprint density at radius 3 is 2.69 bits per heavy atom. The number of hydrogen-bond donors (Lipinski definition) is 3. The molecule has 26 heavy (non-hydrogen) atoms. The first-order chi connectivity index (χ1) is 12.4. The molecule has 2 aromatic rings. The van der Waals surface area contributed by atoms with E-state index in [1.807, 2.05) is 0 Å². The molecule has 3 N–H and O–H groups in total. The van der Waals surface area contributed by atoms with Gasteiger partial charge in [-0.25, -0.2) is 4.79 Å². The zero-order valence-electron chi connectivity index (χ0n) is 13.9. The van der Waals surface area contributed by atoms with Gasteiger partial charge in [-0.1, -0.05) is 12.1 Å². The largest absolute Gasteiger partial charge is 0.504 e. The maximum absolute atomic E-state index is 12.3. The summed E-state index contributed by atoms with van der Waals surface area (Å²) in [5, 5.41) is 30.4. The zero-order chi connectivity index (χ0) is 19.1. The smallest absolute Gasteiger partial charge is 0.335 e. The minimum absolute atomic E-state index is 0.0187. The van der Waals surface area contributed by atoms with E-state index in [-0.39, 0.29) is 28.3 Å². The molecular weight excluding hydrogens is 336 g/mol. The second kappa shape index (κ2) is 8.35. The number of carboxylic acid groups (broad SMARTS) is 1. The molecule has 0 aliphatic rings. The fourth-order valence-electron chi connectivity index (χ4n) is 2.14. The highest BCUT2D eigenvalue weighted by Crippen LogP contribution is 2.27. The third-order valence-electron chi connectivity index (χ3n) is 3.33. The van der Waals surface area contributed by atoms with Crippen LogP contribution >= 0.6 is 0 Å². The third kappa shape index (κ3) is 4.61. The summed E-state index contributed by atoms with van der Waals surface area (Å²) in [7, 11) is 0. The van der Waals surface area contributed by atoms with E-state index >= 15 is 0 Å². The number of nitriles is 1. The van der Waals surface area contributed by atoms with Gasteiger partial charge in [-0.15, -0.1) is 0 Å². The molecule has 1 amide bonds. The number of nitrogens with one attached hydrogen (secondary N) is 1. The second-order valence-corrected chi connectivity index (χ2v) is 5.17. The number of rotatable bonds is 6. The first kappa shape index (κ1) is 18.5. The van der Waals surface area contributed by atoms with E-state index in [2.05, 4.69) is 5.32 Å². The summed E-state index contributed by atoms with van der Waals surface area (Å²) >= 11 is 0. The number of aromatic carboxylic acids is 1. The van der Waals surface area contributed by atoms with E-state index in [9.17, 15) is 20.0 Å². The van der Waals surface area contributed by atoms with Gasteiger partial charge in [0.15, 0.2) is 11.5 Å². The first-order valence-corrected chi connectivity index (χ1v) is 7.67. The summed E-state index contributed by atoms with van der Waals surface area (Å²) in [4.78, 5) is 23.3. The lowest BCUT2D eigenvalue weighted by Gasteiger charge is -2.07. The average Bonchev–Trinajstić information content (AvgIpc) is 2.62. The Hall–Kier alpha value is -3.79. The van der Waals surface area contributed by atoms with Crippen LogP contribution in [0.5, 0.6) is 11.5 Å². The van der Waals surface area contributed by atoms with Crippen LogP contribution < -0.4 is 10.1 Å². The van der Waals surface area contributed by atoms with Crippen molar-refractivity contribution in [1.82, 2.24) is 0 Å². The number of phenols is 1. The number of carboxylic acids is 1. The van der Waals surface area contributed by atoms with Gasteiger partial charge in [0.25, 0.3) is 5.91 Å². The van der Waals surface area contributed by atoms with E-state index in [0.29, 0.717) is 12.2 Å². The number of carbonyl (C=O) groups excluding carboxylic acids is 1. The Bertz CT molecular complexity index is 912. The van der Waals surface area contributed by atoms with Crippen LogP contribution in [0.3, 0.4) is 0 Å². The van der Waals surface area contributed by atoms with Crippen molar-refractivity contribution < 1.29 is 24.5 Å². The van der Waals surface area contributed by atoms with Gasteiger partial charge in [0.2, 0.25) is 0 Å². The predicted octanol–water partition coefficient (Wildman–Crippen LogP) is 3.03. The molecule has 0 saturated carbocycles. The van der Waals surface area contributed by atoms with Crippen molar-refractivity contribution in [3.63, 3.8) is 0 Å². The molecule has 0 saturated heterocycles. The van der Waals surface area contributed by atoms with Crippen LogP contribution in [0.2, 0.25) is 0 Å². The van der Waals surface area contributed by atoms with Crippen molar-refractivity contribution in [2.45, 2.75) is 6.92 Å². The van der Waals surface area contributed by atoms with Crippen LogP contribution in [-0.2, 0) is 4.79 Å². The van der Waals surface area contributed by atoms with E-state index in [4.69, 9.17) is 9.84 Å². The zero-order valence-corrected chi connectivity index (χ0v) is 13.9. The molecule has 2 aromatic carbocycles. The molecule has 0 heterocycles. The van der Waals surface area contributed by atoms with E-state index < -0.39 is 11.9 Å². The molecule has 0 spiro atoms. The van der Waals surface area contributed by atoms with Crippen LogP contribution in [0, 0.1) is 11.3 Å². The number of aromatic hydroxyl groups is 1. The molecule has 0 radical (unpaired) electrons. The quantitative estimate of drug-likeness (QED) is 0.543. The molecule has 0 bridgehead atoms. The topological polar surface area (TPSA) is 120 Å². The standard InChI is InChI=1S/C19H16N2O5/c1-2-26-17-9-12(6-7-16(17)22)8-14(11-20)18(23)21-15-5-3-4-13(10-15)19(24)25/h3-10,22H,2H2,1H3,(H,21,23)(H,24,25)/b14-8-. The van der Waals surface area contributed by atoms with Gasteiger partial charge in [0, 0.05) is 5.69 Å². The summed E-state index contributed by atoms with van der Waals surface area (Å²) in [5.74, 6) is -1.60. The lowest BCUT2D eigenvalue weighted by Crippen LogP contribution is -2.13. The van der Waals surface area contributed by atoms with Crippen LogP contribution in [-0.4, -0.2) is 28.7 Å². The van der Waals surface area contributed by atoms with Gasteiger partial charge in [-0.2, -0.15) is 5.26 Å². The summed E-state index contributed by atoms with van der Waals surface area (Å²) < 4.78 is 5.27. The number of phenolic OH excluding ortho intramolecular Hbond substituents is 1. The molecule has 0 fully saturated rings. The molecule has 7 nitrogen and oxygen atoms in total. The lowest BCUT2D eigenvalue weighted by molar-refractivity contribution is -0.112. The van der Waals surface area contributed by atoms with Crippen LogP contribution in [0.15, 0.2) is 48.0 Å². The lowest BCUT2D eigenvalue weighted by atomic mass is 10.1. The molecular formula is C19H16N2O5. The molecule has 0 atom stereocenters. The van der Waals surface area contributed by atoms with Gasteiger partial charge >= 0.3 is 5.97 Å². The first-order valence-electron chi connectivity index (χ1n) is 7.67. The maximum Gasteiger partial charge on any atom is 0.335 e. The predicted molar refractivity (Wildman–Crippen MR) is 94.9 cm³/mol. The van der Waals surface area contributed by atoms with Crippen LogP contribution in [0.1, 0.15) is 22.8 Å². The maximum atomic E-state index is 12.3. The highest BCUT2D eigenvalue weighted by Gasteiger charge is 2.12. The van der Waals surface area contributed by atoms with Crippen LogP contribution in [0.25, 0.3) is 6.08 Å². The van der Waals surface area contributed by atoms with Crippen molar-refractivity contribution in [2.24, 2.45) is 0 Å². The number of anilines is 1. The molecule has 7 heteroatoms. The normalized spacial score (nSPS) is 10.7. The van der Waals surface area contributed by atoms with Crippen LogP contribution in [0.4, 0.5) is 5.69 Å². The monoisotopic (exact) mass is 352 g/mol. The van der Waals surface area contributed by atoms with Crippen molar-refractivity contribution >= 4 is 23.6 Å². The molecule has 0 aliphatic heterocycles. The molecule has 2 rings (SSSR count). The minimum atomic E-state index is -1.12. The minimum Gasteiger partial charge on any atom is -0.504 e. The number of hydrogen-bond acceptors (Lipinski definition) is 5. The van der Waals surface area contributed by atoms with Gasteiger partial charge in [-0.05, 0) is 48.9 Å². The third-order valence-corrected chi connectivity index (χ3v) is 3.33. The van der Waals surface area contributed by atoms with Gasteiger partial charge in [-0.3, -0.25) is 4.79 Å². The summed E-state index contributed by atoms with van der Waals surface area (Å²) in [6.45, 7) is 2.12. The Balaban J connectivity index is 2.25. The van der Waals surface area contributed by atoms with Crippen molar-refractivity contribution in [2.75, 3.05) is 11.9 Å². The number of carbonyl (C=O) groups is 2. The van der Waals surface area contributed by atoms with E-state index in [1.54, 1.807) is 13.0 Å². The number of nitrogens with zero attached hydrogens (tertiary/aromatic N) is 1. The highest BCUT2D eigenvalue weighted by molar-refractivity contribution is 6.10. The fraction of sp³-hybridized carbons (Fsp3) is 0.105. The summed E-state index contributed by atoms with van der Waals surface area (Å²) in [6.07, 6.45) is 1.35. The van der Waals surface area contributed by atoms with Gasteiger partial charge in [0.1, 0.15) is 11.6 Å². The Kier molecular flexibility index (Phi) is 5.96. The molecule has 0 aromatic heterocycles.